The van der Waals surface area contributed by atoms with Gasteiger partial charge in [-0.05, 0) is 68.0 Å². The molecule has 0 spiro atoms. The average Bonchev–Trinajstić information content (AvgIpc) is 3.60. The molecule has 1 N–H and O–H groups in total. The second-order valence-electron chi connectivity index (χ2n) is 9.90. The van der Waals surface area contributed by atoms with E-state index in [4.69, 9.17) is 14.6 Å². The summed E-state index contributed by atoms with van der Waals surface area (Å²) < 4.78 is 27.3. The Bertz CT molecular complexity index is 1070. The van der Waals surface area contributed by atoms with Gasteiger partial charge in [-0.25, -0.2) is 9.07 Å². The van der Waals surface area contributed by atoms with Crippen LogP contribution in [-0.2, 0) is 11.3 Å². The first-order valence-corrected chi connectivity index (χ1v) is 12.4. The lowest BCUT2D eigenvalue weighted by molar-refractivity contribution is 0.00609. The Labute approximate surface area is 207 Å². The Morgan fingerprint density at radius 1 is 1.09 bits per heavy atom. The highest BCUT2D eigenvalue weighted by molar-refractivity contribution is 5.43. The van der Waals surface area contributed by atoms with Crippen molar-refractivity contribution in [2.24, 2.45) is 11.8 Å². The number of hydrogen-bond donors (Lipinski definition) is 1. The van der Waals surface area contributed by atoms with Gasteiger partial charge in [-0.15, -0.1) is 0 Å². The van der Waals surface area contributed by atoms with Crippen molar-refractivity contribution in [2.75, 3.05) is 26.3 Å². The van der Waals surface area contributed by atoms with Gasteiger partial charge in [0.15, 0.2) is 0 Å². The molecule has 3 aromatic rings. The molecular formula is C28H36FN3O3. The van der Waals surface area contributed by atoms with E-state index in [-0.39, 0.29) is 5.82 Å². The van der Waals surface area contributed by atoms with Gasteiger partial charge in [0, 0.05) is 26.2 Å². The van der Waals surface area contributed by atoms with Crippen molar-refractivity contribution in [3.05, 3.63) is 71.7 Å². The fraction of sp³-hybridized carbons (Fsp3) is 0.464. The smallest absolute Gasteiger partial charge is 0.227 e. The van der Waals surface area contributed by atoms with Crippen molar-refractivity contribution in [1.82, 2.24) is 14.7 Å². The van der Waals surface area contributed by atoms with E-state index in [1.54, 1.807) is 16.8 Å². The van der Waals surface area contributed by atoms with E-state index in [0.717, 1.165) is 23.5 Å². The fourth-order valence-electron chi connectivity index (χ4n) is 4.07. The summed E-state index contributed by atoms with van der Waals surface area (Å²) in [6.07, 6.45) is 1.87. The van der Waals surface area contributed by atoms with Gasteiger partial charge in [0.1, 0.15) is 11.6 Å². The number of aryl methyl sites for hydroxylation is 1. The molecule has 0 radical (unpaired) electrons. The monoisotopic (exact) mass is 481 g/mol. The van der Waals surface area contributed by atoms with E-state index in [9.17, 15) is 9.50 Å². The second-order valence-corrected chi connectivity index (χ2v) is 9.90. The molecule has 1 aliphatic rings. The Balaban J connectivity index is 1.59. The van der Waals surface area contributed by atoms with Crippen LogP contribution in [0.5, 0.6) is 11.6 Å². The van der Waals surface area contributed by atoms with E-state index in [1.165, 1.54) is 25.0 Å². The number of nitrogens with zero attached hydrogens (tertiary/aromatic N) is 3. The molecule has 1 atom stereocenters. The zero-order valence-corrected chi connectivity index (χ0v) is 20.9. The summed E-state index contributed by atoms with van der Waals surface area (Å²) in [6, 6.07) is 15.8. The summed E-state index contributed by atoms with van der Waals surface area (Å²) in [6.45, 7) is 9.15. The zero-order chi connectivity index (χ0) is 24.8. The van der Waals surface area contributed by atoms with E-state index in [2.05, 4.69) is 18.7 Å². The number of aliphatic hydroxyl groups excluding tert-OH is 1. The van der Waals surface area contributed by atoms with Crippen molar-refractivity contribution in [2.45, 2.75) is 46.3 Å². The maximum absolute atomic E-state index is 13.5. The molecule has 188 valence electrons. The number of ether oxygens (including phenoxy) is 2. The average molecular weight is 482 g/mol. The van der Waals surface area contributed by atoms with Gasteiger partial charge in [-0.3, -0.25) is 4.90 Å². The van der Waals surface area contributed by atoms with Gasteiger partial charge in [-0.1, -0.05) is 32.0 Å². The SMILES string of the molecule is Cc1nn(-c2ccccc2)c(Oc2ccc(F)cc2)c1CN(CC(O)COCC(C)C)CC1CC1. The summed E-state index contributed by atoms with van der Waals surface area (Å²) in [5.41, 5.74) is 2.70. The molecule has 1 fully saturated rings. The Morgan fingerprint density at radius 3 is 2.46 bits per heavy atom. The molecule has 2 aromatic carbocycles. The number of para-hydroxylation sites is 1. The predicted octanol–water partition coefficient (Wildman–Crippen LogP) is 5.36. The van der Waals surface area contributed by atoms with E-state index in [0.29, 0.717) is 49.8 Å². The highest BCUT2D eigenvalue weighted by atomic mass is 19.1. The van der Waals surface area contributed by atoms with Gasteiger partial charge in [0.05, 0.1) is 29.7 Å². The largest absolute Gasteiger partial charge is 0.439 e. The zero-order valence-electron chi connectivity index (χ0n) is 20.9. The van der Waals surface area contributed by atoms with Crippen LogP contribution in [0.15, 0.2) is 54.6 Å². The lowest BCUT2D eigenvalue weighted by atomic mass is 10.2. The number of rotatable bonds is 13. The van der Waals surface area contributed by atoms with Crippen molar-refractivity contribution in [3.8, 4) is 17.3 Å². The van der Waals surface area contributed by atoms with Crippen molar-refractivity contribution >= 4 is 0 Å². The number of aliphatic hydroxyl groups is 1. The molecule has 6 nitrogen and oxygen atoms in total. The first kappa shape index (κ1) is 25.4. The Kier molecular flexibility index (Phi) is 8.55. The minimum atomic E-state index is -0.571. The van der Waals surface area contributed by atoms with Gasteiger partial charge < -0.3 is 14.6 Å². The molecule has 1 unspecified atom stereocenters. The minimum absolute atomic E-state index is 0.311. The third-order valence-electron chi connectivity index (χ3n) is 5.99. The quantitative estimate of drug-likeness (QED) is 0.356. The Hall–Kier alpha value is -2.74. The number of hydrogen-bond acceptors (Lipinski definition) is 5. The lowest BCUT2D eigenvalue weighted by Gasteiger charge is -2.25. The van der Waals surface area contributed by atoms with Gasteiger partial charge in [0.25, 0.3) is 0 Å². The molecular weight excluding hydrogens is 445 g/mol. The second kappa shape index (κ2) is 11.8. The minimum Gasteiger partial charge on any atom is -0.439 e. The van der Waals surface area contributed by atoms with Crippen LogP contribution in [-0.4, -0.2) is 52.2 Å². The van der Waals surface area contributed by atoms with E-state index >= 15 is 0 Å². The molecule has 35 heavy (non-hydrogen) atoms. The molecule has 0 aliphatic heterocycles. The topological polar surface area (TPSA) is 59.8 Å². The molecule has 1 heterocycles. The molecule has 7 heteroatoms. The van der Waals surface area contributed by atoms with Gasteiger partial charge in [-0.2, -0.15) is 5.10 Å². The van der Waals surface area contributed by atoms with Crippen LogP contribution in [0.25, 0.3) is 5.69 Å². The van der Waals surface area contributed by atoms with Crippen LogP contribution in [0.3, 0.4) is 0 Å². The molecule has 1 aromatic heterocycles. The molecule has 0 saturated heterocycles. The maximum Gasteiger partial charge on any atom is 0.227 e. The van der Waals surface area contributed by atoms with Crippen LogP contribution in [0.2, 0.25) is 0 Å². The maximum atomic E-state index is 13.5. The molecule has 0 bridgehead atoms. The third kappa shape index (κ3) is 7.37. The number of aromatic nitrogens is 2. The van der Waals surface area contributed by atoms with Crippen LogP contribution in [0.1, 0.15) is 37.9 Å². The number of halogens is 1. The van der Waals surface area contributed by atoms with E-state index < -0.39 is 6.10 Å². The molecule has 0 amide bonds. The molecule has 1 aliphatic carbocycles. The molecule has 1 saturated carbocycles. The van der Waals surface area contributed by atoms with Crippen LogP contribution < -0.4 is 4.74 Å². The van der Waals surface area contributed by atoms with Crippen molar-refractivity contribution < 1.29 is 19.0 Å². The van der Waals surface area contributed by atoms with Crippen LogP contribution in [0, 0.1) is 24.6 Å². The number of benzene rings is 2. The summed E-state index contributed by atoms with van der Waals surface area (Å²) in [7, 11) is 0. The highest BCUT2D eigenvalue weighted by Crippen LogP contribution is 2.34. The van der Waals surface area contributed by atoms with Crippen LogP contribution >= 0.6 is 0 Å². The first-order valence-electron chi connectivity index (χ1n) is 12.4. The Morgan fingerprint density at radius 2 is 1.80 bits per heavy atom. The van der Waals surface area contributed by atoms with Crippen molar-refractivity contribution in [3.63, 3.8) is 0 Å². The summed E-state index contributed by atoms with van der Waals surface area (Å²) in [5.74, 6) is 1.92. The third-order valence-corrected chi connectivity index (χ3v) is 5.99. The summed E-state index contributed by atoms with van der Waals surface area (Å²) >= 11 is 0. The van der Waals surface area contributed by atoms with Gasteiger partial charge >= 0.3 is 0 Å². The first-order chi connectivity index (χ1) is 16.9. The van der Waals surface area contributed by atoms with E-state index in [1.807, 2.05) is 37.3 Å². The lowest BCUT2D eigenvalue weighted by Crippen LogP contribution is -2.36. The normalized spacial score (nSPS) is 14.6. The summed E-state index contributed by atoms with van der Waals surface area (Å²) in [4.78, 5) is 2.28. The van der Waals surface area contributed by atoms with Gasteiger partial charge in [0.2, 0.25) is 5.88 Å². The summed E-state index contributed by atoms with van der Waals surface area (Å²) in [5, 5.41) is 15.5. The predicted molar refractivity (Wildman–Crippen MR) is 134 cm³/mol. The highest BCUT2D eigenvalue weighted by Gasteiger charge is 2.28. The standard InChI is InChI=1S/C28H36FN3O3/c1-20(2)18-34-19-25(33)16-31(15-22-9-10-22)17-27-21(3)30-32(24-7-5-4-6-8-24)28(27)35-26-13-11-23(29)12-14-26/h4-8,11-14,20,22,25,33H,9-10,15-19H2,1-3H3. The molecule has 4 rings (SSSR count). The van der Waals surface area contributed by atoms with Crippen LogP contribution in [0.4, 0.5) is 4.39 Å². The fourth-order valence-corrected chi connectivity index (χ4v) is 4.07. The van der Waals surface area contributed by atoms with Crippen molar-refractivity contribution in [1.29, 1.82) is 0 Å².